The van der Waals surface area contributed by atoms with Gasteiger partial charge >= 0.3 is 0 Å². The van der Waals surface area contributed by atoms with Gasteiger partial charge in [0, 0.05) is 19.8 Å². The summed E-state index contributed by atoms with van der Waals surface area (Å²) in [6.07, 6.45) is 1.80. The number of aryl methyl sites for hydroxylation is 1. The predicted molar refractivity (Wildman–Crippen MR) is 72.2 cm³/mol. The Morgan fingerprint density at radius 2 is 2.11 bits per heavy atom. The molecule has 0 unspecified atom stereocenters. The molecular weight excluding hydrogens is 222 g/mol. The molecule has 0 saturated carbocycles. The summed E-state index contributed by atoms with van der Waals surface area (Å²) in [4.78, 5) is 6.47. The van der Waals surface area contributed by atoms with E-state index in [4.69, 9.17) is 5.26 Å². The van der Waals surface area contributed by atoms with Crippen LogP contribution in [0.3, 0.4) is 0 Å². The molecule has 1 aromatic carbocycles. The molecule has 2 aromatic rings. The van der Waals surface area contributed by atoms with E-state index in [1.54, 1.807) is 6.20 Å². The Balaban J connectivity index is 2.19. The maximum absolute atomic E-state index is 8.88. The van der Waals surface area contributed by atoms with Crippen molar-refractivity contribution in [3.8, 4) is 6.07 Å². The lowest BCUT2D eigenvalue weighted by Crippen LogP contribution is -2.18. The summed E-state index contributed by atoms with van der Waals surface area (Å²) < 4.78 is 0. The number of rotatable bonds is 3. The summed E-state index contributed by atoms with van der Waals surface area (Å²) in [6.45, 7) is 2.79. The summed E-state index contributed by atoms with van der Waals surface area (Å²) in [7, 11) is 2.01. The van der Waals surface area contributed by atoms with E-state index in [1.807, 2.05) is 50.4 Å². The zero-order valence-corrected chi connectivity index (χ0v) is 10.6. The number of nitriles is 1. The maximum Gasteiger partial charge on any atom is 0.131 e. The first-order valence-corrected chi connectivity index (χ1v) is 5.82. The highest BCUT2D eigenvalue weighted by molar-refractivity contribution is 5.46. The van der Waals surface area contributed by atoms with Crippen LogP contribution in [0.1, 0.15) is 16.7 Å². The van der Waals surface area contributed by atoms with Gasteiger partial charge in [-0.05, 0) is 36.2 Å². The first-order valence-electron chi connectivity index (χ1n) is 5.82. The molecule has 1 aromatic heterocycles. The summed E-state index contributed by atoms with van der Waals surface area (Å²) in [6, 6.07) is 13.8. The molecule has 18 heavy (non-hydrogen) atoms. The van der Waals surface area contributed by atoms with Gasteiger partial charge in [0.25, 0.3) is 0 Å². The zero-order chi connectivity index (χ0) is 13.0. The third-order valence-electron chi connectivity index (χ3n) is 2.82. The molecule has 0 saturated heterocycles. The Bertz CT molecular complexity index is 584. The highest BCUT2D eigenvalue weighted by Crippen LogP contribution is 2.17. The van der Waals surface area contributed by atoms with Gasteiger partial charge in [0.1, 0.15) is 5.82 Å². The number of benzene rings is 1. The first-order chi connectivity index (χ1) is 8.70. The van der Waals surface area contributed by atoms with E-state index in [0.29, 0.717) is 5.56 Å². The summed E-state index contributed by atoms with van der Waals surface area (Å²) in [5, 5.41) is 8.88. The van der Waals surface area contributed by atoms with Crippen LogP contribution in [0.15, 0.2) is 42.6 Å². The minimum Gasteiger partial charge on any atom is -0.355 e. The van der Waals surface area contributed by atoms with E-state index in [0.717, 1.165) is 23.5 Å². The fraction of sp³-hybridized carbons (Fsp3) is 0.200. The number of anilines is 1. The van der Waals surface area contributed by atoms with Crippen molar-refractivity contribution in [1.29, 1.82) is 5.26 Å². The summed E-state index contributed by atoms with van der Waals surface area (Å²) in [5.41, 5.74) is 2.96. The molecule has 3 heteroatoms. The van der Waals surface area contributed by atoms with Gasteiger partial charge in [-0.2, -0.15) is 5.26 Å². The van der Waals surface area contributed by atoms with Crippen LogP contribution in [0.4, 0.5) is 5.82 Å². The molecule has 0 N–H and O–H groups in total. The van der Waals surface area contributed by atoms with Crippen molar-refractivity contribution in [3.63, 3.8) is 0 Å². The highest BCUT2D eigenvalue weighted by Gasteiger charge is 2.06. The van der Waals surface area contributed by atoms with Crippen molar-refractivity contribution in [1.82, 2.24) is 4.98 Å². The molecule has 0 amide bonds. The standard InChI is InChI=1S/C15H15N3/c1-12-5-4-8-17-15(12)18(2)11-14-7-3-6-13(9-14)10-16/h3-9H,11H2,1-2H3. The van der Waals surface area contributed by atoms with Gasteiger partial charge in [0.05, 0.1) is 11.6 Å². The fourth-order valence-corrected chi connectivity index (χ4v) is 1.96. The van der Waals surface area contributed by atoms with Gasteiger partial charge in [-0.25, -0.2) is 4.98 Å². The third-order valence-corrected chi connectivity index (χ3v) is 2.82. The second kappa shape index (κ2) is 5.33. The number of nitrogens with zero attached hydrogens (tertiary/aromatic N) is 3. The fourth-order valence-electron chi connectivity index (χ4n) is 1.96. The SMILES string of the molecule is Cc1cccnc1N(C)Cc1cccc(C#N)c1. The Hall–Kier alpha value is -2.34. The Morgan fingerprint density at radius 3 is 2.83 bits per heavy atom. The summed E-state index contributed by atoms with van der Waals surface area (Å²) >= 11 is 0. The topological polar surface area (TPSA) is 39.9 Å². The van der Waals surface area contributed by atoms with Crippen LogP contribution in [-0.4, -0.2) is 12.0 Å². The van der Waals surface area contributed by atoms with Crippen LogP contribution in [0, 0.1) is 18.3 Å². The lowest BCUT2D eigenvalue weighted by atomic mass is 10.1. The molecular formula is C15H15N3. The summed E-state index contributed by atoms with van der Waals surface area (Å²) in [5.74, 6) is 0.972. The molecule has 90 valence electrons. The van der Waals surface area contributed by atoms with Gasteiger partial charge < -0.3 is 4.90 Å². The molecule has 1 heterocycles. The average Bonchev–Trinajstić information content (AvgIpc) is 2.39. The van der Waals surface area contributed by atoms with Crippen LogP contribution in [0.2, 0.25) is 0 Å². The average molecular weight is 237 g/mol. The van der Waals surface area contributed by atoms with E-state index in [9.17, 15) is 0 Å². The van der Waals surface area contributed by atoms with E-state index in [-0.39, 0.29) is 0 Å². The minimum absolute atomic E-state index is 0.693. The molecule has 3 nitrogen and oxygen atoms in total. The van der Waals surface area contributed by atoms with Crippen molar-refractivity contribution in [2.75, 3.05) is 11.9 Å². The molecule has 0 spiro atoms. The second-order valence-electron chi connectivity index (χ2n) is 4.31. The van der Waals surface area contributed by atoms with E-state index >= 15 is 0 Å². The van der Waals surface area contributed by atoms with Crippen LogP contribution < -0.4 is 4.90 Å². The van der Waals surface area contributed by atoms with Crippen LogP contribution in [-0.2, 0) is 6.54 Å². The lowest BCUT2D eigenvalue weighted by Gasteiger charge is -2.20. The predicted octanol–water partition coefficient (Wildman–Crippen LogP) is 2.90. The number of hydrogen-bond donors (Lipinski definition) is 0. The first kappa shape index (κ1) is 12.1. The van der Waals surface area contributed by atoms with Crippen LogP contribution in [0.25, 0.3) is 0 Å². The normalized spacial score (nSPS) is 9.83. The van der Waals surface area contributed by atoms with Crippen molar-refractivity contribution < 1.29 is 0 Å². The van der Waals surface area contributed by atoms with E-state index < -0.39 is 0 Å². The van der Waals surface area contributed by atoms with Crippen molar-refractivity contribution in [3.05, 3.63) is 59.3 Å². The number of aromatic nitrogens is 1. The number of hydrogen-bond acceptors (Lipinski definition) is 3. The molecule has 0 radical (unpaired) electrons. The molecule has 0 fully saturated rings. The van der Waals surface area contributed by atoms with E-state index in [2.05, 4.69) is 16.0 Å². The largest absolute Gasteiger partial charge is 0.355 e. The monoisotopic (exact) mass is 237 g/mol. The van der Waals surface area contributed by atoms with Gasteiger partial charge in [-0.1, -0.05) is 18.2 Å². The van der Waals surface area contributed by atoms with Crippen molar-refractivity contribution in [2.24, 2.45) is 0 Å². The van der Waals surface area contributed by atoms with Crippen LogP contribution >= 0.6 is 0 Å². The molecule has 0 atom stereocenters. The van der Waals surface area contributed by atoms with Crippen molar-refractivity contribution in [2.45, 2.75) is 13.5 Å². The van der Waals surface area contributed by atoms with Crippen molar-refractivity contribution >= 4 is 5.82 Å². The second-order valence-corrected chi connectivity index (χ2v) is 4.31. The quantitative estimate of drug-likeness (QED) is 0.824. The third kappa shape index (κ3) is 2.67. The minimum atomic E-state index is 0.693. The Labute approximate surface area is 107 Å². The van der Waals surface area contributed by atoms with Gasteiger partial charge in [-0.15, -0.1) is 0 Å². The Kier molecular flexibility index (Phi) is 3.59. The molecule has 0 aliphatic carbocycles. The molecule has 2 rings (SSSR count). The number of pyridine rings is 1. The van der Waals surface area contributed by atoms with Gasteiger partial charge in [-0.3, -0.25) is 0 Å². The maximum atomic E-state index is 8.88. The van der Waals surface area contributed by atoms with E-state index in [1.165, 1.54) is 0 Å². The zero-order valence-electron chi connectivity index (χ0n) is 10.6. The van der Waals surface area contributed by atoms with Gasteiger partial charge in [0.15, 0.2) is 0 Å². The molecule has 0 aliphatic rings. The molecule has 0 bridgehead atoms. The highest BCUT2D eigenvalue weighted by atomic mass is 15.2. The molecule has 0 aliphatic heterocycles. The lowest BCUT2D eigenvalue weighted by molar-refractivity contribution is 0.890. The smallest absolute Gasteiger partial charge is 0.131 e. The van der Waals surface area contributed by atoms with Crippen LogP contribution in [0.5, 0.6) is 0 Å². The Morgan fingerprint density at radius 1 is 1.28 bits per heavy atom. The van der Waals surface area contributed by atoms with Gasteiger partial charge in [0.2, 0.25) is 0 Å².